The highest BCUT2D eigenvalue weighted by molar-refractivity contribution is 8.03. The van der Waals surface area contributed by atoms with Crippen LogP contribution in [0.2, 0.25) is 0 Å². The summed E-state index contributed by atoms with van der Waals surface area (Å²) in [7, 11) is 0. The Balaban J connectivity index is 1.21. The lowest BCUT2D eigenvalue weighted by molar-refractivity contribution is -0.153. The molecule has 3 rings (SSSR count). The Morgan fingerprint density at radius 2 is 1.69 bits per heavy atom. The summed E-state index contributed by atoms with van der Waals surface area (Å²) < 4.78 is 16.9. The molecule has 0 saturated heterocycles. The Bertz CT molecular complexity index is 893. The van der Waals surface area contributed by atoms with E-state index in [2.05, 4.69) is 34.6 Å². The number of ether oxygens (including phenoxy) is 3. The Kier molecular flexibility index (Phi) is 10.9. The molecule has 6 nitrogen and oxygen atoms in total. The van der Waals surface area contributed by atoms with E-state index in [0.29, 0.717) is 13.2 Å². The molecule has 0 atom stereocenters. The van der Waals surface area contributed by atoms with Crippen molar-refractivity contribution in [3.05, 3.63) is 59.4 Å². The molecule has 1 N–H and O–H groups in total. The van der Waals surface area contributed by atoms with Gasteiger partial charge in [-0.05, 0) is 101 Å². The van der Waals surface area contributed by atoms with E-state index < -0.39 is 5.41 Å². The molecular formula is C28H40N2O4S. The summed E-state index contributed by atoms with van der Waals surface area (Å²) in [4.78, 5) is 14.2. The second kappa shape index (κ2) is 14.1. The second-order valence-corrected chi connectivity index (χ2v) is 10.5. The van der Waals surface area contributed by atoms with Crippen molar-refractivity contribution in [3.8, 4) is 11.5 Å². The number of rotatable bonds is 16. The van der Waals surface area contributed by atoms with Gasteiger partial charge in [0.1, 0.15) is 11.5 Å². The normalized spacial score (nSPS) is 14.7. The first kappa shape index (κ1) is 27.1. The van der Waals surface area contributed by atoms with E-state index in [1.807, 2.05) is 56.8 Å². The third kappa shape index (κ3) is 8.88. The molecule has 0 amide bonds. The lowest BCUT2D eigenvalue weighted by atomic mass is 9.87. The number of nitrogens with zero attached hydrogens (tertiary/aromatic N) is 1. The maximum Gasteiger partial charge on any atom is 0.311 e. The SMILES string of the molecule is CCOC(=O)C(C)(C)CCCCOc1ccc(OCCCCCSC2=C3C=CC=CN3CN2)cc1. The van der Waals surface area contributed by atoms with Gasteiger partial charge in [0.25, 0.3) is 0 Å². The van der Waals surface area contributed by atoms with Crippen molar-refractivity contribution >= 4 is 17.7 Å². The molecule has 0 fully saturated rings. The van der Waals surface area contributed by atoms with E-state index in [1.165, 1.54) is 17.1 Å². The average Bonchev–Trinajstić information content (AvgIpc) is 3.27. The van der Waals surface area contributed by atoms with Gasteiger partial charge >= 0.3 is 5.97 Å². The summed E-state index contributed by atoms with van der Waals surface area (Å²) in [6.45, 7) is 8.38. The number of thioether (sulfide) groups is 1. The molecule has 0 aromatic heterocycles. The van der Waals surface area contributed by atoms with Crippen molar-refractivity contribution in [1.82, 2.24) is 10.2 Å². The molecule has 35 heavy (non-hydrogen) atoms. The van der Waals surface area contributed by atoms with Crippen LogP contribution in [-0.2, 0) is 9.53 Å². The van der Waals surface area contributed by atoms with Gasteiger partial charge < -0.3 is 24.4 Å². The number of carbonyl (C=O) groups excluding carboxylic acids is 1. The van der Waals surface area contributed by atoms with E-state index in [1.54, 1.807) is 0 Å². The maximum atomic E-state index is 11.9. The molecule has 2 heterocycles. The minimum atomic E-state index is -0.439. The fourth-order valence-electron chi connectivity index (χ4n) is 3.86. The fraction of sp³-hybridized carbons (Fsp3) is 0.536. The monoisotopic (exact) mass is 500 g/mol. The average molecular weight is 501 g/mol. The van der Waals surface area contributed by atoms with Crippen molar-refractivity contribution < 1.29 is 19.0 Å². The summed E-state index contributed by atoms with van der Waals surface area (Å²) in [5, 5.41) is 4.76. The van der Waals surface area contributed by atoms with Crippen LogP contribution in [0.1, 0.15) is 59.3 Å². The van der Waals surface area contributed by atoms with Crippen molar-refractivity contribution in [3.63, 3.8) is 0 Å². The van der Waals surface area contributed by atoms with Gasteiger partial charge in [0.15, 0.2) is 0 Å². The summed E-state index contributed by atoms with van der Waals surface area (Å²) in [6, 6.07) is 7.84. The Morgan fingerprint density at radius 1 is 1.00 bits per heavy atom. The molecule has 192 valence electrons. The van der Waals surface area contributed by atoms with E-state index in [9.17, 15) is 4.79 Å². The zero-order valence-corrected chi connectivity index (χ0v) is 22.2. The van der Waals surface area contributed by atoms with Gasteiger partial charge in [-0.2, -0.15) is 0 Å². The zero-order chi connectivity index (χ0) is 24.9. The first-order chi connectivity index (χ1) is 17.0. The molecule has 1 aromatic rings. The van der Waals surface area contributed by atoms with Crippen molar-refractivity contribution in [2.75, 3.05) is 32.2 Å². The number of hydrogen-bond donors (Lipinski definition) is 1. The van der Waals surface area contributed by atoms with Crippen molar-refractivity contribution in [2.45, 2.75) is 59.3 Å². The van der Waals surface area contributed by atoms with Gasteiger partial charge in [0.2, 0.25) is 0 Å². The highest BCUT2D eigenvalue weighted by Gasteiger charge is 2.28. The quantitative estimate of drug-likeness (QED) is 0.213. The molecule has 0 saturated carbocycles. The lowest BCUT2D eigenvalue weighted by Crippen LogP contribution is -2.26. The number of unbranched alkanes of at least 4 members (excludes halogenated alkanes) is 3. The van der Waals surface area contributed by atoms with Crippen molar-refractivity contribution in [1.29, 1.82) is 0 Å². The van der Waals surface area contributed by atoms with Gasteiger partial charge in [0.05, 0.1) is 42.6 Å². The fourth-order valence-corrected chi connectivity index (χ4v) is 4.91. The molecule has 1 aromatic carbocycles. The predicted molar refractivity (Wildman–Crippen MR) is 143 cm³/mol. The molecule has 0 spiro atoms. The lowest BCUT2D eigenvalue weighted by Gasteiger charge is -2.21. The van der Waals surface area contributed by atoms with Crippen LogP contribution < -0.4 is 14.8 Å². The molecule has 2 aliphatic heterocycles. The number of esters is 1. The van der Waals surface area contributed by atoms with E-state index >= 15 is 0 Å². The molecule has 7 heteroatoms. The highest BCUT2D eigenvalue weighted by atomic mass is 32.2. The van der Waals surface area contributed by atoms with Gasteiger partial charge in [-0.15, -0.1) is 11.8 Å². The predicted octanol–water partition coefficient (Wildman–Crippen LogP) is 6.22. The van der Waals surface area contributed by atoms with Crippen LogP contribution in [0, 0.1) is 5.41 Å². The van der Waals surface area contributed by atoms with Crippen LogP contribution in [-0.4, -0.2) is 43.1 Å². The number of benzene rings is 1. The number of nitrogens with one attached hydrogen (secondary N) is 1. The first-order valence-electron chi connectivity index (χ1n) is 12.7. The highest BCUT2D eigenvalue weighted by Crippen LogP contribution is 2.28. The van der Waals surface area contributed by atoms with Gasteiger partial charge in [-0.1, -0.05) is 6.08 Å². The van der Waals surface area contributed by atoms with E-state index in [0.717, 1.165) is 62.6 Å². The number of hydrogen-bond acceptors (Lipinski definition) is 7. The van der Waals surface area contributed by atoms with E-state index in [4.69, 9.17) is 14.2 Å². The van der Waals surface area contributed by atoms with Crippen LogP contribution >= 0.6 is 11.8 Å². The minimum absolute atomic E-state index is 0.124. The first-order valence-corrected chi connectivity index (χ1v) is 13.7. The summed E-state index contributed by atoms with van der Waals surface area (Å²) >= 11 is 1.91. The van der Waals surface area contributed by atoms with Crippen LogP contribution in [0.3, 0.4) is 0 Å². The largest absolute Gasteiger partial charge is 0.494 e. The standard InChI is InChI=1S/C28H40N2O4S/c1-4-32-27(31)28(2,3)17-7-10-20-34-24-15-13-23(14-16-24)33-19-9-5-11-21-35-26-25-12-6-8-18-30(25)22-29-26/h6,8,12-16,18,29H,4-5,7,9-11,17,19-22H2,1-3H3. The summed E-state index contributed by atoms with van der Waals surface area (Å²) in [5.41, 5.74) is 0.844. The molecule has 0 radical (unpaired) electrons. The van der Waals surface area contributed by atoms with Gasteiger partial charge in [-0.3, -0.25) is 4.79 Å². The van der Waals surface area contributed by atoms with Crippen LogP contribution in [0.4, 0.5) is 0 Å². The van der Waals surface area contributed by atoms with E-state index in [-0.39, 0.29) is 5.97 Å². The number of fused-ring (bicyclic) bond motifs is 1. The number of allylic oxidation sites excluding steroid dienone is 3. The summed E-state index contributed by atoms with van der Waals surface area (Å²) in [6.07, 6.45) is 14.4. The third-order valence-electron chi connectivity index (χ3n) is 6.00. The third-order valence-corrected chi connectivity index (χ3v) is 7.14. The maximum absolute atomic E-state index is 11.9. The van der Waals surface area contributed by atoms with Crippen molar-refractivity contribution in [2.24, 2.45) is 5.41 Å². The molecular weight excluding hydrogens is 460 g/mol. The number of carbonyl (C=O) groups is 1. The van der Waals surface area contributed by atoms with Gasteiger partial charge in [0, 0.05) is 6.20 Å². The Hall–Kier alpha value is -2.54. The van der Waals surface area contributed by atoms with Crippen LogP contribution in [0.15, 0.2) is 59.4 Å². The Labute approximate surface area is 214 Å². The van der Waals surface area contributed by atoms with Crippen LogP contribution in [0.25, 0.3) is 0 Å². The Morgan fingerprint density at radius 3 is 2.37 bits per heavy atom. The topological polar surface area (TPSA) is 60.0 Å². The van der Waals surface area contributed by atoms with Gasteiger partial charge in [-0.25, -0.2) is 0 Å². The molecule has 0 aliphatic carbocycles. The second-order valence-electron chi connectivity index (χ2n) is 9.36. The molecule has 2 aliphatic rings. The zero-order valence-electron chi connectivity index (χ0n) is 21.4. The van der Waals surface area contributed by atoms with Crippen LogP contribution in [0.5, 0.6) is 11.5 Å². The minimum Gasteiger partial charge on any atom is -0.494 e. The molecule has 0 unspecified atom stereocenters. The smallest absolute Gasteiger partial charge is 0.311 e. The summed E-state index contributed by atoms with van der Waals surface area (Å²) in [5.74, 6) is 2.71. The molecule has 0 bridgehead atoms.